The Morgan fingerprint density at radius 3 is 2.91 bits per heavy atom. The van der Waals surface area contributed by atoms with Crippen LogP contribution in [0.3, 0.4) is 0 Å². The van der Waals surface area contributed by atoms with Crippen molar-refractivity contribution >= 4 is 28.6 Å². The fourth-order valence-electron chi connectivity index (χ4n) is 4.01. The summed E-state index contributed by atoms with van der Waals surface area (Å²) in [6.45, 7) is 6.13. The largest absolute Gasteiger partial charge is 0.336 e. The number of hydrogen-bond acceptors (Lipinski definition) is 8. The van der Waals surface area contributed by atoms with E-state index in [2.05, 4.69) is 37.9 Å². The average Bonchev–Trinajstić information content (AvgIpc) is 3.23. The average molecular weight is 448 g/mol. The number of piperazine rings is 1. The van der Waals surface area contributed by atoms with Gasteiger partial charge in [0.1, 0.15) is 5.65 Å². The summed E-state index contributed by atoms with van der Waals surface area (Å²) in [6.07, 6.45) is 6.74. The van der Waals surface area contributed by atoms with E-state index in [9.17, 15) is 14.9 Å². The van der Waals surface area contributed by atoms with Gasteiger partial charge in [-0.15, -0.1) is 0 Å². The number of anilines is 2. The van der Waals surface area contributed by atoms with Gasteiger partial charge >= 0.3 is 0 Å². The summed E-state index contributed by atoms with van der Waals surface area (Å²) in [7, 11) is 1.82. The van der Waals surface area contributed by atoms with Gasteiger partial charge in [-0.3, -0.25) is 23.7 Å². The molecule has 3 aromatic rings. The van der Waals surface area contributed by atoms with E-state index in [1.165, 1.54) is 12.1 Å². The molecule has 0 aliphatic carbocycles. The maximum atomic E-state index is 12.7. The van der Waals surface area contributed by atoms with E-state index in [1.54, 1.807) is 38.8 Å². The molecule has 0 saturated carbocycles. The first kappa shape index (κ1) is 22.2. The number of hydrogen-bond donors (Lipinski definition) is 1. The van der Waals surface area contributed by atoms with Crippen molar-refractivity contribution in [3.05, 3.63) is 53.7 Å². The normalized spacial score (nSPS) is 16.5. The van der Waals surface area contributed by atoms with Crippen molar-refractivity contribution in [1.29, 1.82) is 5.26 Å². The summed E-state index contributed by atoms with van der Waals surface area (Å²) in [5, 5.41) is 17.2. The van der Waals surface area contributed by atoms with Crippen LogP contribution in [-0.2, 0) is 18.4 Å². The number of aromatic nitrogens is 5. The predicted octanol–water partition coefficient (Wildman–Crippen LogP) is 0.881. The van der Waals surface area contributed by atoms with Crippen LogP contribution in [0.2, 0.25) is 0 Å². The third-order valence-electron chi connectivity index (χ3n) is 5.71. The smallest absolute Gasteiger partial charge is 0.252 e. The molecule has 11 heteroatoms. The summed E-state index contributed by atoms with van der Waals surface area (Å²) >= 11 is 0. The van der Waals surface area contributed by atoms with Gasteiger partial charge in [0.05, 0.1) is 24.4 Å². The van der Waals surface area contributed by atoms with Gasteiger partial charge in [0.25, 0.3) is 5.56 Å². The van der Waals surface area contributed by atoms with E-state index in [1.807, 2.05) is 7.05 Å². The Bertz CT molecular complexity index is 1270. The number of nitriles is 1. The Balaban J connectivity index is 1.55. The Hall–Kier alpha value is -4.04. The molecule has 1 amide bonds. The highest BCUT2D eigenvalue weighted by Crippen LogP contribution is 2.17. The zero-order chi connectivity index (χ0) is 23.4. The molecule has 1 aliphatic rings. The van der Waals surface area contributed by atoms with Crippen LogP contribution in [0.15, 0.2) is 48.2 Å². The van der Waals surface area contributed by atoms with Crippen LogP contribution in [0, 0.1) is 11.3 Å². The number of amides is 1. The molecule has 1 fully saturated rings. The molecule has 1 saturated heterocycles. The minimum absolute atomic E-state index is 0.101. The Morgan fingerprint density at radius 1 is 1.33 bits per heavy atom. The summed E-state index contributed by atoms with van der Waals surface area (Å²) in [6, 6.07) is 5.32. The molecule has 3 aromatic heterocycles. The van der Waals surface area contributed by atoms with Crippen LogP contribution >= 0.6 is 0 Å². The van der Waals surface area contributed by atoms with E-state index in [4.69, 9.17) is 0 Å². The number of pyridine rings is 1. The summed E-state index contributed by atoms with van der Waals surface area (Å²) in [5.74, 6) is 0.238. The number of fused-ring (bicyclic) bond motifs is 1. The fraction of sp³-hybridized carbons (Fsp3) is 0.364. The van der Waals surface area contributed by atoms with E-state index >= 15 is 0 Å². The number of nitrogens with zero attached hydrogens (tertiary/aromatic N) is 8. The molecule has 1 N–H and O–H groups in total. The number of aryl methyl sites for hydroxylation is 1. The monoisotopic (exact) mass is 447 g/mol. The first-order valence-corrected chi connectivity index (χ1v) is 10.6. The van der Waals surface area contributed by atoms with E-state index < -0.39 is 0 Å². The van der Waals surface area contributed by atoms with Crippen molar-refractivity contribution in [2.75, 3.05) is 31.5 Å². The maximum absolute atomic E-state index is 12.7. The number of carbonyl (C=O) groups is 1. The molecule has 0 radical (unpaired) electrons. The van der Waals surface area contributed by atoms with Gasteiger partial charge in [0.15, 0.2) is 0 Å². The van der Waals surface area contributed by atoms with Crippen LogP contribution in [0.25, 0.3) is 11.0 Å². The van der Waals surface area contributed by atoms with Gasteiger partial charge in [-0.1, -0.05) is 6.58 Å². The molecule has 0 aromatic carbocycles. The molecule has 0 spiro atoms. The number of rotatable bonds is 7. The quantitative estimate of drug-likeness (QED) is 0.529. The molecule has 33 heavy (non-hydrogen) atoms. The van der Waals surface area contributed by atoms with Crippen molar-refractivity contribution in [3.8, 4) is 6.07 Å². The lowest BCUT2D eigenvalue weighted by Gasteiger charge is -2.40. The second kappa shape index (κ2) is 9.62. The zero-order valence-electron chi connectivity index (χ0n) is 18.4. The highest BCUT2D eigenvalue weighted by atomic mass is 16.2. The summed E-state index contributed by atoms with van der Waals surface area (Å²) < 4.78 is 3.29. The fourth-order valence-corrected chi connectivity index (χ4v) is 4.01. The molecule has 1 aliphatic heterocycles. The molecule has 4 heterocycles. The van der Waals surface area contributed by atoms with Gasteiger partial charge in [0.2, 0.25) is 11.9 Å². The third-order valence-corrected chi connectivity index (χ3v) is 5.71. The molecular formula is C22H25N9O2. The third kappa shape index (κ3) is 4.91. The van der Waals surface area contributed by atoms with Crippen LogP contribution in [0.4, 0.5) is 11.6 Å². The number of nitrogens with one attached hydrogen (secondary N) is 1. The van der Waals surface area contributed by atoms with Crippen molar-refractivity contribution in [2.24, 2.45) is 7.05 Å². The van der Waals surface area contributed by atoms with Gasteiger partial charge in [-0.05, 0) is 12.1 Å². The lowest BCUT2D eigenvalue weighted by atomic mass is 10.1. The van der Waals surface area contributed by atoms with Gasteiger partial charge in [-0.2, -0.15) is 15.3 Å². The van der Waals surface area contributed by atoms with Crippen molar-refractivity contribution in [1.82, 2.24) is 34.1 Å². The van der Waals surface area contributed by atoms with Gasteiger partial charge < -0.3 is 10.2 Å². The highest BCUT2D eigenvalue weighted by molar-refractivity contribution is 5.87. The van der Waals surface area contributed by atoms with Crippen molar-refractivity contribution < 1.29 is 4.79 Å². The molecule has 11 nitrogen and oxygen atoms in total. The Labute approximate surface area is 190 Å². The first-order chi connectivity index (χ1) is 16.0. The minimum atomic E-state index is -0.161. The van der Waals surface area contributed by atoms with E-state index in [0.717, 1.165) is 11.1 Å². The van der Waals surface area contributed by atoms with Crippen LogP contribution in [0.1, 0.15) is 6.42 Å². The summed E-state index contributed by atoms with van der Waals surface area (Å²) in [5.41, 5.74) is 1.11. The van der Waals surface area contributed by atoms with Crippen molar-refractivity contribution in [3.63, 3.8) is 0 Å². The lowest BCUT2D eigenvalue weighted by Crippen LogP contribution is -2.55. The predicted molar refractivity (Wildman–Crippen MR) is 123 cm³/mol. The standard InChI is InChI=1S/C22H25N9O2/c1-3-19(32)30-9-8-29(18(15-30)6-7-23)10-11-31-20(33)5-4-16-12-24-22(27-21(16)31)26-17-13-25-28(2)14-17/h3-5,12-14,18H,1,6,8-11,15H2,2H3,(H,24,26,27)/t18-/m0/s1. The van der Waals surface area contributed by atoms with E-state index in [0.29, 0.717) is 50.7 Å². The highest BCUT2D eigenvalue weighted by Gasteiger charge is 2.28. The Morgan fingerprint density at radius 2 is 2.18 bits per heavy atom. The summed E-state index contributed by atoms with van der Waals surface area (Å²) in [4.78, 5) is 37.5. The second-order valence-corrected chi connectivity index (χ2v) is 7.86. The minimum Gasteiger partial charge on any atom is -0.336 e. The van der Waals surface area contributed by atoms with Gasteiger partial charge in [0, 0.05) is 69.7 Å². The maximum Gasteiger partial charge on any atom is 0.252 e. The second-order valence-electron chi connectivity index (χ2n) is 7.86. The zero-order valence-corrected chi connectivity index (χ0v) is 18.4. The van der Waals surface area contributed by atoms with Crippen molar-refractivity contribution in [2.45, 2.75) is 19.0 Å². The lowest BCUT2D eigenvalue weighted by molar-refractivity contribution is -0.129. The Kier molecular flexibility index (Phi) is 6.46. The first-order valence-electron chi connectivity index (χ1n) is 10.6. The molecule has 1 atom stereocenters. The van der Waals surface area contributed by atoms with Crippen LogP contribution < -0.4 is 10.9 Å². The number of carbonyl (C=O) groups excluding carboxylic acids is 1. The molecule has 170 valence electrons. The molecular weight excluding hydrogens is 422 g/mol. The van der Waals surface area contributed by atoms with Crippen LogP contribution in [0.5, 0.6) is 0 Å². The van der Waals surface area contributed by atoms with E-state index in [-0.39, 0.29) is 17.5 Å². The topological polar surface area (TPSA) is 125 Å². The SMILES string of the molecule is C=CC(=O)N1CCN(CCn2c(=O)ccc3cnc(Nc4cnn(C)c4)nc32)[C@@H](CC#N)C1. The molecule has 4 rings (SSSR count). The van der Waals surface area contributed by atoms with Crippen LogP contribution in [-0.4, -0.2) is 72.2 Å². The molecule has 0 bridgehead atoms. The van der Waals surface area contributed by atoms with Gasteiger partial charge in [-0.25, -0.2) is 4.98 Å². The molecule has 0 unspecified atom stereocenters.